The Balaban J connectivity index is 1.60. The molecule has 0 spiro atoms. The van der Waals surface area contributed by atoms with Crippen LogP contribution in [0.1, 0.15) is 25.7 Å². The monoisotopic (exact) mass is 322 g/mol. The zero-order chi connectivity index (χ0) is 16.4. The summed E-state index contributed by atoms with van der Waals surface area (Å²) in [6, 6.07) is 4.35. The van der Waals surface area contributed by atoms with Crippen LogP contribution < -0.4 is 4.74 Å². The van der Waals surface area contributed by atoms with Gasteiger partial charge in [0.15, 0.2) is 11.6 Å². The summed E-state index contributed by atoms with van der Waals surface area (Å²) in [4.78, 5) is 24.6. The van der Waals surface area contributed by atoms with Gasteiger partial charge in [-0.25, -0.2) is 4.39 Å². The summed E-state index contributed by atoms with van der Waals surface area (Å²) in [6.45, 7) is 1.40. The Morgan fingerprint density at radius 1 is 1.35 bits per heavy atom. The smallest absolute Gasteiger partial charge is 0.326 e. The Hall–Kier alpha value is -2.02. The van der Waals surface area contributed by atoms with Gasteiger partial charge in [0.25, 0.3) is 0 Å². The zero-order valence-electron chi connectivity index (χ0n) is 13.0. The van der Waals surface area contributed by atoms with Crippen molar-refractivity contribution in [1.29, 1.82) is 0 Å². The van der Waals surface area contributed by atoms with E-state index in [4.69, 9.17) is 9.47 Å². The molecular formula is C16H19FN2O4. The van der Waals surface area contributed by atoms with Crippen molar-refractivity contribution in [3.05, 3.63) is 28.9 Å². The third-order valence-electron chi connectivity index (χ3n) is 4.67. The van der Waals surface area contributed by atoms with Gasteiger partial charge in [-0.1, -0.05) is 6.07 Å². The van der Waals surface area contributed by atoms with Crippen LogP contribution in [0.3, 0.4) is 0 Å². The van der Waals surface area contributed by atoms with E-state index in [0.29, 0.717) is 25.9 Å². The number of halogens is 1. The second-order valence-corrected chi connectivity index (χ2v) is 6.01. The maximum absolute atomic E-state index is 14.0. The number of ether oxygens (including phenoxy) is 2. The molecule has 1 aliphatic carbocycles. The molecule has 0 unspecified atom stereocenters. The summed E-state index contributed by atoms with van der Waals surface area (Å²) in [6.07, 6.45) is 2.89. The van der Waals surface area contributed by atoms with Crippen LogP contribution >= 0.6 is 0 Å². The fraction of sp³-hybridized carbons (Fsp3) is 0.562. The maximum atomic E-state index is 14.0. The summed E-state index contributed by atoms with van der Waals surface area (Å²) in [5.41, 5.74) is -0.700. The molecule has 3 rings (SSSR count). The van der Waals surface area contributed by atoms with Gasteiger partial charge in [0.2, 0.25) is 0 Å². The third-order valence-corrected chi connectivity index (χ3v) is 4.67. The second-order valence-electron chi connectivity index (χ2n) is 6.01. The standard InChI is InChI=1S/C16H19FN2O4/c1-22-15(20)16(7-8-16)19-9-5-11(6-10-19)23-13-4-2-3-12(18-21)14(13)17/h2-4,11H,5-10H2,1H3. The lowest BCUT2D eigenvalue weighted by Crippen LogP contribution is -2.49. The lowest BCUT2D eigenvalue weighted by Gasteiger charge is -2.36. The molecule has 124 valence electrons. The second kappa shape index (κ2) is 6.23. The highest BCUT2D eigenvalue weighted by molar-refractivity contribution is 5.84. The molecule has 0 radical (unpaired) electrons. The van der Waals surface area contributed by atoms with Crippen LogP contribution in [0.2, 0.25) is 0 Å². The molecule has 0 N–H and O–H groups in total. The van der Waals surface area contributed by atoms with E-state index in [9.17, 15) is 14.1 Å². The highest BCUT2D eigenvalue weighted by atomic mass is 19.1. The van der Waals surface area contributed by atoms with Crippen molar-refractivity contribution in [1.82, 2.24) is 4.90 Å². The molecule has 0 bridgehead atoms. The van der Waals surface area contributed by atoms with E-state index in [-0.39, 0.29) is 23.5 Å². The molecule has 1 aliphatic heterocycles. The molecule has 2 fully saturated rings. The van der Waals surface area contributed by atoms with Gasteiger partial charge in [-0.05, 0) is 43.0 Å². The lowest BCUT2D eigenvalue weighted by molar-refractivity contribution is -0.149. The highest BCUT2D eigenvalue weighted by Crippen LogP contribution is 2.44. The van der Waals surface area contributed by atoms with Crippen molar-refractivity contribution >= 4 is 11.7 Å². The quantitative estimate of drug-likeness (QED) is 0.616. The normalized spacial score (nSPS) is 20.8. The van der Waals surface area contributed by atoms with Gasteiger partial charge in [0.05, 0.1) is 7.11 Å². The van der Waals surface area contributed by atoms with E-state index in [1.807, 2.05) is 0 Å². The maximum Gasteiger partial charge on any atom is 0.326 e. The highest BCUT2D eigenvalue weighted by Gasteiger charge is 2.56. The number of nitrogens with zero attached hydrogens (tertiary/aromatic N) is 2. The molecule has 6 nitrogen and oxygen atoms in total. The minimum Gasteiger partial charge on any atom is -0.487 e. The Morgan fingerprint density at radius 3 is 2.61 bits per heavy atom. The Labute approximate surface area is 133 Å². The van der Waals surface area contributed by atoms with Crippen LogP contribution in [0.5, 0.6) is 5.75 Å². The van der Waals surface area contributed by atoms with E-state index < -0.39 is 11.4 Å². The minimum atomic E-state index is -0.724. The van der Waals surface area contributed by atoms with Gasteiger partial charge in [-0.3, -0.25) is 9.69 Å². The van der Waals surface area contributed by atoms with E-state index in [2.05, 4.69) is 10.1 Å². The molecule has 23 heavy (non-hydrogen) atoms. The number of likely N-dealkylation sites (tertiary alicyclic amines) is 1. The molecule has 1 saturated heterocycles. The van der Waals surface area contributed by atoms with Crippen molar-refractivity contribution in [2.45, 2.75) is 37.3 Å². The van der Waals surface area contributed by atoms with Gasteiger partial charge in [0.1, 0.15) is 17.3 Å². The topological polar surface area (TPSA) is 68.2 Å². The fourth-order valence-corrected chi connectivity index (χ4v) is 3.20. The number of rotatable bonds is 5. The summed E-state index contributed by atoms with van der Waals surface area (Å²) in [5.74, 6) is -0.847. The van der Waals surface area contributed by atoms with Crippen LogP contribution in [0, 0.1) is 10.7 Å². The average Bonchev–Trinajstić information content (AvgIpc) is 3.38. The van der Waals surface area contributed by atoms with Crippen molar-refractivity contribution in [2.24, 2.45) is 5.18 Å². The van der Waals surface area contributed by atoms with Gasteiger partial charge < -0.3 is 9.47 Å². The number of carbonyl (C=O) groups excluding carboxylic acids is 1. The predicted molar refractivity (Wildman–Crippen MR) is 81.1 cm³/mol. The first-order valence-electron chi connectivity index (χ1n) is 7.73. The predicted octanol–water partition coefficient (Wildman–Crippen LogP) is 2.77. The number of carbonyl (C=O) groups is 1. The van der Waals surface area contributed by atoms with Crippen LogP contribution in [-0.2, 0) is 9.53 Å². The Bertz CT molecular complexity index is 610. The van der Waals surface area contributed by atoms with E-state index in [1.165, 1.54) is 19.2 Å². The molecule has 0 amide bonds. The van der Waals surface area contributed by atoms with Crippen molar-refractivity contribution < 1.29 is 18.7 Å². The summed E-state index contributed by atoms with van der Waals surface area (Å²) < 4.78 is 24.5. The number of methoxy groups -OCH3 is 1. The first-order chi connectivity index (χ1) is 11.1. The fourth-order valence-electron chi connectivity index (χ4n) is 3.20. The third kappa shape index (κ3) is 2.93. The molecule has 0 aromatic heterocycles. The number of esters is 1. The largest absolute Gasteiger partial charge is 0.487 e. The summed E-state index contributed by atoms with van der Waals surface area (Å²) in [5, 5.41) is 2.64. The SMILES string of the molecule is COC(=O)C1(N2CCC(Oc3cccc(N=O)c3F)CC2)CC1. The van der Waals surface area contributed by atoms with Crippen molar-refractivity contribution in [3.63, 3.8) is 0 Å². The Morgan fingerprint density at radius 2 is 2.04 bits per heavy atom. The molecule has 2 aliphatic rings. The number of piperidine rings is 1. The molecule has 7 heteroatoms. The number of nitroso groups, excluding NO2 is 1. The zero-order valence-corrected chi connectivity index (χ0v) is 13.0. The molecular weight excluding hydrogens is 303 g/mol. The van der Waals surface area contributed by atoms with Gasteiger partial charge >= 0.3 is 5.97 Å². The van der Waals surface area contributed by atoms with Crippen LogP contribution in [0.15, 0.2) is 23.4 Å². The van der Waals surface area contributed by atoms with E-state index in [0.717, 1.165) is 12.8 Å². The van der Waals surface area contributed by atoms with Crippen LogP contribution in [0.4, 0.5) is 10.1 Å². The summed E-state index contributed by atoms with van der Waals surface area (Å²) in [7, 11) is 1.41. The first kappa shape index (κ1) is 15.9. The average molecular weight is 322 g/mol. The number of hydrogen-bond acceptors (Lipinski definition) is 6. The molecule has 1 heterocycles. The van der Waals surface area contributed by atoms with E-state index >= 15 is 0 Å². The van der Waals surface area contributed by atoms with Gasteiger partial charge in [-0.15, -0.1) is 4.91 Å². The van der Waals surface area contributed by atoms with Gasteiger partial charge in [-0.2, -0.15) is 0 Å². The Kier molecular flexibility index (Phi) is 4.30. The molecule has 1 saturated carbocycles. The summed E-state index contributed by atoms with van der Waals surface area (Å²) >= 11 is 0. The van der Waals surface area contributed by atoms with Crippen LogP contribution in [-0.4, -0.2) is 42.7 Å². The molecule has 1 aromatic rings. The molecule has 1 aromatic carbocycles. The number of benzene rings is 1. The number of hydrogen-bond donors (Lipinski definition) is 0. The van der Waals surface area contributed by atoms with Gasteiger partial charge in [0, 0.05) is 13.1 Å². The van der Waals surface area contributed by atoms with E-state index in [1.54, 1.807) is 6.07 Å². The molecule has 0 atom stereocenters. The van der Waals surface area contributed by atoms with Crippen LogP contribution in [0.25, 0.3) is 0 Å². The van der Waals surface area contributed by atoms with Crippen molar-refractivity contribution in [3.8, 4) is 5.75 Å². The minimum absolute atomic E-state index is 0.0506. The first-order valence-corrected chi connectivity index (χ1v) is 7.73. The van der Waals surface area contributed by atoms with Crippen molar-refractivity contribution in [2.75, 3.05) is 20.2 Å². The lowest BCUT2D eigenvalue weighted by atomic mass is 10.0.